The fraction of sp³-hybridized carbons (Fsp3) is 0.250. The first-order chi connectivity index (χ1) is 10.2. The van der Waals surface area contributed by atoms with Gasteiger partial charge in [-0.25, -0.2) is 0 Å². The summed E-state index contributed by atoms with van der Waals surface area (Å²) >= 11 is 1.74. The molecule has 106 valence electrons. The molecule has 2 aromatic heterocycles. The molecule has 0 unspecified atom stereocenters. The van der Waals surface area contributed by atoms with Crippen molar-refractivity contribution >= 4 is 34.0 Å². The van der Waals surface area contributed by atoms with Crippen LogP contribution >= 0.6 is 11.3 Å². The van der Waals surface area contributed by atoms with Gasteiger partial charge in [0.25, 0.3) is 0 Å². The van der Waals surface area contributed by atoms with E-state index in [-0.39, 0.29) is 11.8 Å². The number of aromatic nitrogens is 2. The van der Waals surface area contributed by atoms with Gasteiger partial charge in [0.1, 0.15) is 0 Å². The van der Waals surface area contributed by atoms with Crippen LogP contribution in [-0.2, 0) is 4.79 Å². The Kier molecular flexibility index (Phi) is 2.82. The molecule has 2 N–H and O–H groups in total. The number of carbonyl (C=O) groups excluding carboxylic acids is 1. The molecular weight excluding hydrogens is 282 g/mol. The maximum atomic E-state index is 11.8. The fourth-order valence-corrected chi connectivity index (χ4v) is 3.31. The molecule has 2 heterocycles. The number of fused-ring (bicyclic) bond motifs is 1. The second-order valence-corrected chi connectivity index (χ2v) is 6.50. The number of nitrogens with one attached hydrogen (secondary N) is 2. The van der Waals surface area contributed by atoms with E-state index in [2.05, 4.69) is 46.0 Å². The Balaban J connectivity index is 1.68. The number of hydrogen-bond acceptors (Lipinski definition) is 3. The van der Waals surface area contributed by atoms with Gasteiger partial charge in [0.15, 0.2) is 5.82 Å². The van der Waals surface area contributed by atoms with Gasteiger partial charge in [0.05, 0.1) is 5.52 Å². The summed E-state index contributed by atoms with van der Waals surface area (Å²) in [4.78, 5) is 13.1. The highest BCUT2D eigenvalue weighted by Gasteiger charge is 2.30. The molecule has 21 heavy (non-hydrogen) atoms. The summed E-state index contributed by atoms with van der Waals surface area (Å²) in [6, 6.07) is 8.36. The lowest BCUT2D eigenvalue weighted by Crippen LogP contribution is -2.13. The van der Waals surface area contributed by atoms with Gasteiger partial charge in [-0.05, 0) is 54.5 Å². The Bertz CT molecular complexity index is 829. The zero-order valence-corrected chi connectivity index (χ0v) is 12.5. The third-order valence-corrected chi connectivity index (χ3v) is 4.86. The van der Waals surface area contributed by atoms with Gasteiger partial charge in [-0.2, -0.15) is 5.10 Å². The molecule has 5 heteroatoms. The number of aryl methyl sites for hydroxylation is 1. The maximum Gasteiger partial charge on any atom is 0.228 e. The molecule has 1 aliphatic carbocycles. The molecular formula is C16H15N3OS. The normalized spacial score (nSPS) is 14.5. The monoisotopic (exact) mass is 297 g/mol. The standard InChI is InChI=1S/C16H15N3OS/c1-9-6-14(21-8-9)11-4-5-12-13(7-11)18-19-15(12)17-16(20)10-2-3-10/h4-8,10H,2-3H2,1H3,(H2,17,18,19,20). The third-order valence-electron chi connectivity index (χ3n) is 3.77. The fourth-order valence-electron chi connectivity index (χ4n) is 2.42. The van der Waals surface area contributed by atoms with Crippen molar-refractivity contribution in [3.63, 3.8) is 0 Å². The van der Waals surface area contributed by atoms with Crippen LogP contribution in [0.1, 0.15) is 18.4 Å². The number of aromatic amines is 1. The van der Waals surface area contributed by atoms with Crippen molar-refractivity contribution in [1.29, 1.82) is 0 Å². The average Bonchev–Trinajstić information content (AvgIpc) is 3.14. The smallest absolute Gasteiger partial charge is 0.228 e. The van der Waals surface area contributed by atoms with Crippen molar-refractivity contribution < 1.29 is 4.79 Å². The van der Waals surface area contributed by atoms with E-state index >= 15 is 0 Å². The average molecular weight is 297 g/mol. The van der Waals surface area contributed by atoms with Crippen molar-refractivity contribution in [3.8, 4) is 10.4 Å². The largest absolute Gasteiger partial charge is 0.308 e. The number of amides is 1. The summed E-state index contributed by atoms with van der Waals surface area (Å²) in [5.74, 6) is 0.905. The van der Waals surface area contributed by atoms with Gasteiger partial charge in [0.2, 0.25) is 5.91 Å². The van der Waals surface area contributed by atoms with Crippen molar-refractivity contribution in [2.45, 2.75) is 19.8 Å². The van der Waals surface area contributed by atoms with Gasteiger partial charge >= 0.3 is 0 Å². The van der Waals surface area contributed by atoms with Crippen LogP contribution in [0.4, 0.5) is 5.82 Å². The van der Waals surface area contributed by atoms with Gasteiger partial charge < -0.3 is 5.32 Å². The minimum Gasteiger partial charge on any atom is -0.308 e. The molecule has 0 saturated heterocycles. The second-order valence-electron chi connectivity index (χ2n) is 5.58. The van der Waals surface area contributed by atoms with Crippen LogP contribution in [0.2, 0.25) is 0 Å². The lowest BCUT2D eigenvalue weighted by atomic mass is 10.1. The van der Waals surface area contributed by atoms with Crippen LogP contribution in [0.3, 0.4) is 0 Å². The van der Waals surface area contributed by atoms with Crippen LogP contribution in [0, 0.1) is 12.8 Å². The van der Waals surface area contributed by atoms with E-state index in [0.29, 0.717) is 5.82 Å². The quantitative estimate of drug-likeness (QED) is 0.769. The summed E-state index contributed by atoms with van der Waals surface area (Å²) < 4.78 is 0. The van der Waals surface area contributed by atoms with Gasteiger partial charge in [-0.15, -0.1) is 11.3 Å². The highest BCUT2D eigenvalue weighted by molar-refractivity contribution is 7.13. The number of anilines is 1. The van der Waals surface area contributed by atoms with Crippen molar-refractivity contribution in [2.24, 2.45) is 5.92 Å². The number of nitrogens with zero attached hydrogens (tertiary/aromatic N) is 1. The SMILES string of the molecule is Cc1csc(-c2ccc3c(NC(=O)C4CC4)n[nH]c3c2)c1. The lowest BCUT2D eigenvalue weighted by molar-refractivity contribution is -0.117. The molecule has 1 fully saturated rings. The van der Waals surface area contributed by atoms with E-state index in [1.54, 1.807) is 11.3 Å². The molecule has 1 aromatic carbocycles. The second kappa shape index (κ2) is 4.70. The van der Waals surface area contributed by atoms with Gasteiger partial charge in [-0.3, -0.25) is 9.89 Å². The molecule has 1 amide bonds. The first-order valence-corrected chi connectivity index (χ1v) is 7.93. The van der Waals surface area contributed by atoms with Crippen molar-refractivity contribution in [3.05, 3.63) is 35.2 Å². The molecule has 0 radical (unpaired) electrons. The van der Waals surface area contributed by atoms with Crippen LogP contribution in [0.25, 0.3) is 21.3 Å². The van der Waals surface area contributed by atoms with Crippen molar-refractivity contribution in [1.82, 2.24) is 10.2 Å². The minimum atomic E-state index is 0.0846. The number of thiophene rings is 1. The van der Waals surface area contributed by atoms with E-state index in [0.717, 1.165) is 23.7 Å². The lowest BCUT2D eigenvalue weighted by Gasteiger charge is -2.01. The molecule has 3 aromatic rings. The highest BCUT2D eigenvalue weighted by atomic mass is 32.1. The summed E-state index contributed by atoms with van der Waals surface area (Å²) in [5, 5.41) is 13.3. The van der Waals surface area contributed by atoms with Crippen LogP contribution < -0.4 is 5.32 Å². The Labute approximate surface area is 126 Å². The zero-order chi connectivity index (χ0) is 14.4. The number of hydrogen-bond donors (Lipinski definition) is 2. The van der Waals surface area contributed by atoms with Crippen molar-refractivity contribution in [2.75, 3.05) is 5.32 Å². The predicted octanol–water partition coefficient (Wildman–Crippen LogP) is 3.95. The van der Waals surface area contributed by atoms with E-state index < -0.39 is 0 Å². The van der Waals surface area contributed by atoms with E-state index in [4.69, 9.17) is 0 Å². The van der Waals surface area contributed by atoms with Crippen LogP contribution in [0.15, 0.2) is 29.6 Å². The molecule has 1 aliphatic rings. The topological polar surface area (TPSA) is 57.8 Å². The summed E-state index contributed by atoms with van der Waals surface area (Å²) in [7, 11) is 0. The van der Waals surface area contributed by atoms with Crippen LogP contribution in [0.5, 0.6) is 0 Å². The summed E-state index contributed by atoms with van der Waals surface area (Å²) in [6.45, 7) is 2.10. The summed E-state index contributed by atoms with van der Waals surface area (Å²) in [6.07, 6.45) is 1.99. The molecule has 0 bridgehead atoms. The molecule has 0 aliphatic heterocycles. The Morgan fingerprint density at radius 2 is 2.24 bits per heavy atom. The number of carbonyl (C=O) groups is 1. The highest BCUT2D eigenvalue weighted by Crippen LogP contribution is 2.33. The molecule has 0 atom stereocenters. The van der Waals surface area contributed by atoms with Gasteiger partial charge in [0, 0.05) is 16.2 Å². The third kappa shape index (κ3) is 2.34. The first-order valence-electron chi connectivity index (χ1n) is 7.05. The minimum absolute atomic E-state index is 0.0846. The molecule has 1 saturated carbocycles. The van der Waals surface area contributed by atoms with Crippen LogP contribution in [-0.4, -0.2) is 16.1 Å². The van der Waals surface area contributed by atoms with E-state index in [9.17, 15) is 4.79 Å². The maximum absolute atomic E-state index is 11.8. The molecule has 0 spiro atoms. The van der Waals surface area contributed by atoms with E-state index in [1.165, 1.54) is 16.0 Å². The molecule has 4 nitrogen and oxygen atoms in total. The summed E-state index contributed by atoms with van der Waals surface area (Å²) in [5.41, 5.74) is 3.39. The molecule has 4 rings (SSSR count). The van der Waals surface area contributed by atoms with E-state index in [1.807, 2.05) is 6.07 Å². The number of rotatable bonds is 3. The predicted molar refractivity (Wildman–Crippen MR) is 85.5 cm³/mol. The Morgan fingerprint density at radius 1 is 1.38 bits per heavy atom. The first kappa shape index (κ1) is 12.6. The van der Waals surface area contributed by atoms with Gasteiger partial charge in [-0.1, -0.05) is 6.07 Å². The number of H-pyrrole nitrogens is 1. The Hall–Kier alpha value is -2.14. The zero-order valence-electron chi connectivity index (χ0n) is 11.6. The Morgan fingerprint density at radius 3 is 2.95 bits per heavy atom. The number of benzene rings is 1.